The van der Waals surface area contributed by atoms with E-state index < -0.39 is 5.97 Å². The molecule has 1 aromatic rings. The number of thiazole rings is 1. The zero-order valence-electron chi connectivity index (χ0n) is 12.8. The molecule has 2 heterocycles. The Kier molecular flexibility index (Phi) is 5.94. The highest BCUT2D eigenvalue weighted by molar-refractivity contribution is 7.12. The molecule has 4 nitrogen and oxygen atoms in total. The number of likely N-dealkylation sites (tertiary alicyclic amines) is 1. The Morgan fingerprint density at radius 2 is 2.33 bits per heavy atom. The fourth-order valence-electron chi connectivity index (χ4n) is 2.74. The van der Waals surface area contributed by atoms with Gasteiger partial charge in [-0.15, -0.1) is 11.3 Å². The average Bonchev–Trinajstić information content (AvgIpc) is 2.81. The van der Waals surface area contributed by atoms with E-state index >= 15 is 0 Å². The van der Waals surface area contributed by atoms with Crippen molar-refractivity contribution in [2.75, 3.05) is 6.54 Å². The minimum atomic E-state index is -0.906. The normalized spacial score (nSPS) is 20.2. The topological polar surface area (TPSA) is 53.4 Å². The summed E-state index contributed by atoms with van der Waals surface area (Å²) in [6.07, 6.45) is 8.68. The van der Waals surface area contributed by atoms with Gasteiger partial charge in [-0.25, -0.2) is 9.78 Å². The molecule has 5 heteroatoms. The number of nitrogens with zero attached hydrogens (tertiary/aromatic N) is 2. The van der Waals surface area contributed by atoms with Gasteiger partial charge in [-0.1, -0.05) is 19.8 Å². The van der Waals surface area contributed by atoms with Crippen LogP contribution in [0, 0.1) is 0 Å². The first-order chi connectivity index (χ1) is 10.1. The van der Waals surface area contributed by atoms with Crippen LogP contribution in [0.25, 0.3) is 6.08 Å². The maximum absolute atomic E-state index is 10.7. The summed E-state index contributed by atoms with van der Waals surface area (Å²) >= 11 is 1.63. The van der Waals surface area contributed by atoms with Crippen LogP contribution in [0.1, 0.15) is 55.1 Å². The molecule has 0 aromatic carbocycles. The standard InChI is InChI=1S/C16H24N2O2S/c1-3-6-13-14(8-9-16(19)20)21-15(17-13)11-18-10-5-4-7-12(18)2/h8-9,12H,3-7,10-11H2,1-2H3,(H,19,20)/b9-8+. The van der Waals surface area contributed by atoms with E-state index in [0.717, 1.165) is 41.5 Å². The van der Waals surface area contributed by atoms with Crippen molar-refractivity contribution < 1.29 is 9.90 Å². The minimum Gasteiger partial charge on any atom is -0.478 e. The molecule has 1 unspecified atom stereocenters. The maximum atomic E-state index is 10.7. The Morgan fingerprint density at radius 3 is 3.00 bits per heavy atom. The first kappa shape index (κ1) is 16.2. The molecular formula is C16H24N2O2S. The summed E-state index contributed by atoms with van der Waals surface area (Å²) in [4.78, 5) is 18.9. The van der Waals surface area contributed by atoms with Gasteiger partial charge in [0, 0.05) is 12.1 Å². The molecule has 0 spiro atoms. The van der Waals surface area contributed by atoms with Crippen LogP contribution < -0.4 is 0 Å². The third-order valence-corrected chi connectivity index (χ3v) is 4.96. The molecule has 1 N–H and O–H groups in total. The lowest BCUT2D eigenvalue weighted by molar-refractivity contribution is -0.131. The number of carboxylic acids is 1. The molecule has 1 aliphatic heterocycles. The number of hydrogen-bond acceptors (Lipinski definition) is 4. The van der Waals surface area contributed by atoms with E-state index in [-0.39, 0.29) is 0 Å². The SMILES string of the molecule is CCCc1nc(CN2CCCCC2C)sc1/C=C/C(=O)O. The molecule has 0 bridgehead atoms. The van der Waals surface area contributed by atoms with Crippen molar-refractivity contribution >= 4 is 23.4 Å². The molecule has 0 amide bonds. The Bertz CT molecular complexity index is 510. The van der Waals surface area contributed by atoms with Gasteiger partial charge in [0.2, 0.25) is 0 Å². The number of aromatic nitrogens is 1. The molecule has 0 aliphatic carbocycles. The zero-order valence-corrected chi connectivity index (χ0v) is 13.7. The van der Waals surface area contributed by atoms with E-state index in [1.165, 1.54) is 25.3 Å². The molecule has 116 valence electrons. The van der Waals surface area contributed by atoms with Gasteiger partial charge in [-0.05, 0) is 38.8 Å². The second-order valence-electron chi connectivity index (χ2n) is 5.66. The van der Waals surface area contributed by atoms with Gasteiger partial charge in [-0.2, -0.15) is 0 Å². The van der Waals surface area contributed by atoms with Gasteiger partial charge < -0.3 is 5.11 Å². The largest absolute Gasteiger partial charge is 0.478 e. The lowest BCUT2D eigenvalue weighted by atomic mass is 10.0. The van der Waals surface area contributed by atoms with Crippen LogP contribution >= 0.6 is 11.3 Å². The highest BCUT2D eigenvalue weighted by Gasteiger charge is 2.20. The Morgan fingerprint density at radius 1 is 1.52 bits per heavy atom. The Labute approximate surface area is 130 Å². The van der Waals surface area contributed by atoms with Gasteiger partial charge in [0.05, 0.1) is 17.1 Å². The highest BCUT2D eigenvalue weighted by Crippen LogP contribution is 2.25. The van der Waals surface area contributed by atoms with Crippen molar-refractivity contribution in [3.8, 4) is 0 Å². The van der Waals surface area contributed by atoms with Crippen LogP contribution in [0.3, 0.4) is 0 Å². The van der Waals surface area contributed by atoms with E-state index in [1.54, 1.807) is 17.4 Å². The van der Waals surface area contributed by atoms with Crippen LogP contribution in [-0.4, -0.2) is 33.5 Å². The number of hydrogen-bond donors (Lipinski definition) is 1. The molecule has 0 saturated carbocycles. The number of carboxylic acid groups (broad SMARTS) is 1. The minimum absolute atomic E-state index is 0.621. The van der Waals surface area contributed by atoms with Crippen LogP contribution in [0.5, 0.6) is 0 Å². The van der Waals surface area contributed by atoms with E-state index in [0.29, 0.717) is 6.04 Å². The molecule has 1 aromatic heterocycles. The van der Waals surface area contributed by atoms with Crippen LogP contribution in [-0.2, 0) is 17.8 Å². The smallest absolute Gasteiger partial charge is 0.328 e. The van der Waals surface area contributed by atoms with E-state index in [2.05, 4.69) is 18.7 Å². The summed E-state index contributed by atoms with van der Waals surface area (Å²) in [6.45, 7) is 6.44. The third kappa shape index (κ3) is 4.64. The van der Waals surface area contributed by atoms with Gasteiger partial charge in [0.1, 0.15) is 5.01 Å². The quantitative estimate of drug-likeness (QED) is 0.816. The molecule has 1 saturated heterocycles. The summed E-state index contributed by atoms with van der Waals surface area (Å²) in [5.74, 6) is -0.906. The lowest BCUT2D eigenvalue weighted by Gasteiger charge is -2.32. The maximum Gasteiger partial charge on any atom is 0.328 e. The molecule has 1 fully saturated rings. The van der Waals surface area contributed by atoms with Crippen molar-refractivity contribution in [1.29, 1.82) is 0 Å². The number of aliphatic carboxylic acids is 1. The second-order valence-corrected chi connectivity index (χ2v) is 6.77. The number of carbonyl (C=O) groups is 1. The molecule has 0 radical (unpaired) electrons. The van der Waals surface area contributed by atoms with Gasteiger partial charge in [0.25, 0.3) is 0 Å². The molecular weight excluding hydrogens is 284 g/mol. The summed E-state index contributed by atoms with van der Waals surface area (Å²) < 4.78 is 0. The predicted octanol–water partition coefficient (Wildman–Crippen LogP) is 3.57. The number of rotatable bonds is 6. The molecule has 1 atom stereocenters. The van der Waals surface area contributed by atoms with Crippen LogP contribution in [0.4, 0.5) is 0 Å². The average molecular weight is 308 g/mol. The first-order valence-electron chi connectivity index (χ1n) is 7.73. The number of aryl methyl sites for hydroxylation is 1. The van der Waals surface area contributed by atoms with Crippen LogP contribution in [0.2, 0.25) is 0 Å². The van der Waals surface area contributed by atoms with Gasteiger partial charge >= 0.3 is 5.97 Å². The summed E-state index contributed by atoms with van der Waals surface area (Å²) in [5.41, 5.74) is 1.04. The molecule has 1 aliphatic rings. The van der Waals surface area contributed by atoms with Crippen molar-refractivity contribution in [2.45, 2.75) is 58.5 Å². The van der Waals surface area contributed by atoms with Gasteiger partial charge in [0.15, 0.2) is 0 Å². The van der Waals surface area contributed by atoms with Gasteiger partial charge in [-0.3, -0.25) is 4.90 Å². The Balaban J connectivity index is 2.12. The van der Waals surface area contributed by atoms with Crippen molar-refractivity contribution in [3.63, 3.8) is 0 Å². The zero-order chi connectivity index (χ0) is 15.2. The Hall–Kier alpha value is -1.20. The van der Waals surface area contributed by atoms with Crippen molar-refractivity contribution in [1.82, 2.24) is 9.88 Å². The molecule has 21 heavy (non-hydrogen) atoms. The fourth-order valence-corrected chi connectivity index (χ4v) is 3.78. The van der Waals surface area contributed by atoms with Crippen molar-refractivity contribution in [3.05, 3.63) is 21.7 Å². The van der Waals surface area contributed by atoms with E-state index in [4.69, 9.17) is 10.1 Å². The summed E-state index contributed by atoms with van der Waals surface area (Å²) in [5, 5.41) is 9.90. The first-order valence-corrected chi connectivity index (χ1v) is 8.55. The lowest BCUT2D eigenvalue weighted by Crippen LogP contribution is -2.36. The number of piperidine rings is 1. The van der Waals surface area contributed by atoms with Crippen molar-refractivity contribution in [2.24, 2.45) is 0 Å². The highest BCUT2D eigenvalue weighted by atomic mass is 32.1. The third-order valence-electron chi connectivity index (χ3n) is 3.91. The summed E-state index contributed by atoms with van der Waals surface area (Å²) in [6, 6.07) is 0.621. The van der Waals surface area contributed by atoms with E-state index in [9.17, 15) is 4.79 Å². The predicted molar refractivity (Wildman–Crippen MR) is 86.5 cm³/mol. The molecule has 2 rings (SSSR count). The summed E-state index contributed by atoms with van der Waals surface area (Å²) in [7, 11) is 0. The second kappa shape index (κ2) is 7.71. The fraction of sp³-hybridized carbons (Fsp3) is 0.625. The van der Waals surface area contributed by atoms with Crippen LogP contribution in [0.15, 0.2) is 6.08 Å². The monoisotopic (exact) mass is 308 g/mol. The van der Waals surface area contributed by atoms with E-state index in [1.807, 2.05) is 0 Å².